The number of fused-ring (bicyclic) bond motifs is 2. The summed E-state index contributed by atoms with van der Waals surface area (Å²) in [6.07, 6.45) is 8.60. The lowest BCUT2D eigenvalue weighted by Crippen LogP contribution is -1.89. The van der Waals surface area contributed by atoms with E-state index in [9.17, 15) is 0 Å². The summed E-state index contributed by atoms with van der Waals surface area (Å²) in [5.74, 6) is 0.631. The number of benzene rings is 1. The van der Waals surface area contributed by atoms with Crippen molar-refractivity contribution >= 4 is 22.1 Å². The van der Waals surface area contributed by atoms with Crippen molar-refractivity contribution in [3.63, 3.8) is 0 Å². The van der Waals surface area contributed by atoms with Crippen LogP contribution in [0.4, 0.5) is 0 Å². The average molecular weight is 404 g/mol. The van der Waals surface area contributed by atoms with Crippen LogP contribution in [0.2, 0.25) is 0 Å². The summed E-state index contributed by atoms with van der Waals surface area (Å²) in [5, 5.41) is 7.51. The Morgan fingerprint density at radius 2 is 1.77 bits per heavy atom. The molecule has 8 heteroatoms. The van der Waals surface area contributed by atoms with Crippen molar-refractivity contribution in [1.29, 1.82) is 0 Å². The first-order valence-corrected chi connectivity index (χ1v) is 9.79. The molecule has 8 nitrogen and oxygen atoms in total. The van der Waals surface area contributed by atoms with Crippen LogP contribution in [0.3, 0.4) is 0 Å². The van der Waals surface area contributed by atoms with E-state index in [4.69, 9.17) is 9.97 Å². The number of H-pyrrole nitrogens is 2. The Labute approximate surface area is 176 Å². The Hall–Kier alpha value is -4.46. The Balaban J connectivity index is 1.52. The minimum atomic E-state index is 0.631. The fourth-order valence-corrected chi connectivity index (χ4v) is 3.71. The molecule has 0 aliphatic heterocycles. The van der Waals surface area contributed by atoms with Gasteiger partial charge in [0.2, 0.25) is 0 Å². The van der Waals surface area contributed by atoms with Crippen LogP contribution in [0.1, 0.15) is 5.56 Å². The molecule has 0 radical (unpaired) electrons. The highest BCUT2D eigenvalue weighted by Crippen LogP contribution is 2.31. The average Bonchev–Trinajstić information content (AvgIpc) is 3.43. The molecule has 0 fully saturated rings. The second-order valence-electron chi connectivity index (χ2n) is 7.29. The maximum absolute atomic E-state index is 4.87. The lowest BCUT2D eigenvalue weighted by Gasteiger charge is -2.03. The molecule has 5 heterocycles. The van der Waals surface area contributed by atoms with Gasteiger partial charge in [-0.1, -0.05) is 29.8 Å². The molecule has 0 amide bonds. The summed E-state index contributed by atoms with van der Waals surface area (Å²) < 4.78 is 0. The number of hydrogen-bond acceptors (Lipinski definition) is 6. The van der Waals surface area contributed by atoms with Gasteiger partial charge >= 0.3 is 0 Å². The molecule has 0 aliphatic carbocycles. The van der Waals surface area contributed by atoms with Crippen molar-refractivity contribution in [3.05, 3.63) is 72.9 Å². The molecule has 0 aliphatic rings. The van der Waals surface area contributed by atoms with E-state index in [2.05, 4.69) is 55.3 Å². The van der Waals surface area contributed by atoms with Gasteiger partial charge in [0.05, 0.1) is 34.6 Å². The molecule has 2 N–H and O–H groups in total. The fraction of sp³-hybridized carbons (Fsp3) is 0.0435. The SMILES string of the molecule is Cc1cccc(-c2cncc3[nH]c(-c4n[nH]c5ccc(-c6cnccn6)nc45)nc23)c1. The number of nitrogens with zero attached hydrogens (tertiary/aromatic N) is 6. The Bertz CT molecular complexity index is 1550. The van der Waals surface area contributed by atoms with Gasteiger partial charge in [0.25, 0.3) is 0 Å². The van der Waals surface area contributed by atoms with Crippen molar-refractivity contribution < 1.29 is 0 Å². The first-order valence-electron chi connectivity index (χ1n) is 9.79. The van der Waals surface area contributed by atoms with Crippen LogP contribution in [0.15, 0.2) is 67.4 Å². The van der Waals surface area contributed by atoms with E-state index in [1.807, 2.05) is 24.4 Å². The lowest BCUT2D eigenvalue weighted by atomic mass is 10.0. The highest BCUT2D eigenvalue weighted by atomic mass is 15.2. The van der Waals surface area contributed by atoms with E-state index in [1.165, 1.54) is 5.56 Å². The summed E-state index contributed by atoms with van der Waals surface area (Å²) in [4.78, 5) is 25.9. The van der Waals surface area contributed by atoms with Gasteiger partial charge in [0.15, 0.2) is 11.5 Å². The molecule has 148 valence electrons. The van der Waals surface area contributed by atoms with E-state index < -0.39 is 0 Å². The minimum Gasteiger partial charge on any atom is -0.335 e. The molecule has 1 aromatic carbocycles. The minimum absolute atomic E-state index is 0.631. The number of rotatable bonds is 3. The van der Waals surface area contributed by atoms with Crippen LogP contribution in [-0.4, -0.2) is 40.1 Å². The summed E-state index contributed by atoms with van der Waals surface area (Å²) in [6, 6.07) is 12.1. The molecule has 5 aromatic heterocycles. The highest BCUT2D eigenvalue weighted by molar-refractivity contribution is 5.95. The van der Waals surface area contributed by atoms with E-state index in [0.29, 0.717) is 22.7 Å². The first-order chi connectivity index (χ1) is 15.3. The Morgan fingerprint density at radius 1 is 0.806 bits per heavy atom. The van der Waals surface area contributed by atoms with Crippen molar-refractivity contribution in [2.24, 2.45) is 0 Å². The summed E-state index contributed by atoms with van der Waals surface area (Å²) in [5.41, 5.74) is 8.52. The van der Waals surface area contributed by atoms with E-state index in [-0.39, 0.29) is 0 Å². The van der Waals surface area contributed by atoms with Gasteiger partial charge in [-0.3, -0.25) is 20.1 Å². The molecule has 0 spiro atoms. The molecule has 6 rings (SSSR count). The zero-order valence-electron chi connectivity index (χ0n) is 16.5. The molecule has 31 heavy (non-hydrogen) atoms. The predicted octanol–water partition coefficient (Wildman–Crippen LogP) is 4.33. The second kappa shape index (κ2) is 6.81. The topological polar surface area (TPSA) is 109 Å². The van der Waals surface area contributed by atoms with Gasteiger partial charge in [-0.15, -0.1) is 0 Å². The van der Waals surface area contributed by atoms with Gasteiger partial charge in [0, 0.05) is 24.2 Å². The lowest BCUT2D eigenvalue weighted by molar-refractivity contribution is 1.10. The second-order valence-corrected chi connectivity index (χ2v) is 7.29. The molecule has 6 aromatic rings. The molecule has 0 saturated heterocycles. The normalized spacial score (nSPS) is 11.4. The van der Waals surface area contributed by atoms with Crippen LogP contribution < -0.4 is 0 Å². The standard InChI is InChI=1S/C23H16N8/c1-13-3-2-4-14(9-13)15-10-25-12-19-20(15)29-23(28-19)22-21-17(30-31-22)6-5-16(27-21)18-11-24-7-8-26-18/h2-12H,1H3,(H,28,29)(H,30,31). The molecule has 0 saturated carbocycles. The van der Waals surface area contributed by atoms with Gasteiger partial charge in [-0.05, 0) is 24.6 Å². The molecule has 0 atom stereocenters. The van der Waals surface area contributed by atoms with Crippen molar-refractivity contribution in [2.75, 3.05) is 0 Å². The van der Waals surface area contributed by atoms with Crippen LogP contribution in [0.5, 0.6) is 0 Å². The third-order valence-corrected chi connectivity index (χ3v) is 5.18. The van der Waals surface area contributed by atoms with Gasteiger partial charge in [0.1, 0.15) is 11.2 Å². The van der Waals surface area contributed by atoms with Crippen LogP contribution in [0, 0.1) is 6.92 Å². The Morgan fingerprint density at radius 3 is 2.65 bits per heavy atom. The number of pyridine rings is 2. The molecular formula is C23H16N8. The largest absolute Gasteiger partial charge is 0.335 e. The number of imidazole rings is 1. The number of aryl methyl sites for hydroxylation is 1. The third-order valence-electron chi connectivity index (χ3n) is 5.18. The maximum atomic E-state index is 4.87. The smallest absolute Gasteiger partial charge is 0.161 e. The predicted molar refractivity (Wildman–Crippen MR) is 118 cm³/mol. The van der Waals surface area contributed by atoms with Crippen LogP contribution in [0.25, 0.3) is 56.1 Å². The number of hydrogen-bond donors (Lipinski definition) is 2. The highest BCUT2D eigenvalue weighted by Gasteiger charge is 2.17. The van der Waals surface area contributed by atoms with Crippen LogP contribution >= 0.6 is 0 Å². The van der Waals surface area contributed by atoms with Crippen molar-refractivity contribution in [1.82, 2.24) is 40.1 Å². The zero-order chi connectivity index (χ0) is 20.8. The summed E-state index contributed by atoms with van der Waals surface area (Å²) in [6.45, 7) is 2.07. The zero-order valence-corrected chi connectivity index (χ0v) is 16.5. The van der Waals surface area contributed by atoms with Gasteiger partial charge in [-0.2, -0.15) is 5.10 Å². The summed E-state index contributed by atoms with van der Waals surface area (Å²) >= 11 is 0. The van der Waals surface area contributed by atoms with E-state index >= 15 is 0 Å². The van der Waals surface area contributed by atoms with E-state index in [0.717, 1.165) is 33.4 Å². The number of nitrogens with one attached hydrogen (secondary N) is 2. The van der Waals surface area contributed by atoms with Crippen LogP contribution in [-0.2, 0) is 0 Å². The quantitative estimate of drug-likeness (QED) is 0.454. The van der Waals surface area contributed by atoms with Crippen molar-refractivity contribution in [3.8, 4) is 34.0 Å². The third kappa shape index (κ3) is 2.93. The number of aromatic amines is 2. The van der Waals surface area contributed by atoms with Gasteiger partial charge in [-0.25, -0.2) is 9.97 Å². The molecule has 0 bridgehead atoms. The molecular weight excluding hydrogens is 388 g/mol. The summed E-state index contributed by atoms with van der Waals surface area (Å²) in [7, 11) is 0. The first kappa shape index (κ1) is 17.4. The Kier molecular flexibility index (Phi) is 3.82. The monoisotopic (exact) mass is 404 g/mol. The number of aromatic nitrogens is 8. The van der Waals surface area contributed by atoms with Gasteiger partial charge < -0.3 is 4.98 Å². The maximum Gasteiger partial charge on any atom is 0.161 e. The van der Waals surface area contributed by atoms with Crippen molar-refractivity contribution in [2.45, 2.75) is 6.92 Å². The fourth-order valence-electron chi connectivity index (χ4n) is 3.71. The van der Waals surface area contributed by atoms with E-state index in [1.54, 1.807) is 24.8 Å². The molecule has 0 unspecified atom stereocenters.